The summed E-state index contributed by atoms with van der Waals surface area (Å²) in [5.74, 6) is -1.34. The number of hydrogen-bond donors (Lipinski definition) is 2. The normalized spacial score (nSPS) is 10.2. The van der Waals surface area contributed by atoms with Crippen LogP contribution in [0, 0.1) is 3.57 Å². The third-order valence-corrected chi connectivity index (χ3v) is 4.47. The highest BCUT2D eigenvalue weighted by molar-refractivity contribution is 14.1. The fourth-order valence-corrected chi connectivity index (χ4v) is 2.84. The lowest BCUT2D eigenvalue weighted by Crippen LogP contribution is -2.14. The van der Waals surface area contributed by atoms with Gasteiger partial charge in [0.05, 0.1) is 16.8 Å². The molecular weight excluding hydrogens is 472 g/mol. The molecule has 0 spiro atoms. The Morgan fingerprint density at radius 1 is 1.19 bits per heavy atom. The second-order valence-electron chi connectivity index (χ2n) is 4.08. The van der Waals surface area contributed by atoms with E-state index in [1.807, 2.05) is 22.6 Å². The van der Waals surface area contributed by atoms with E-state index in [0.29, 0.717) is 20.7 Å². The molecule has 2 N–H and O–H groups in total. The van der Waals surface area contributed by atoms with Crippen LogP contribution in [0.1, 0.15) is 20.7 Å². The minimum Gasteiger partial charge on any atom is -0.478 e. The second kappa shape index (κ2) is 6.76. The predicted molar refractivity (Wildman–Crippen MR) is 93.2 cm³/mol. The second-order valence-corrected chi connectivity index (χ2v) is 6.53. The van der Waals surface area contributed by atoms with Crippen LogP contribution in [-0.4, -0.2) is 17.0 Å². The van der Waals surface area contributed by atoms with Crippen LogP contribution in [0.3, 0.4) is 0 Å². The first-order valence-electron chi connectivity index (χ1n) is 5.67. The predicted octanol–water partition coefficient (Wildman–Crippen LogP) is 4.66. The summed E-state index contributed by atoms with van der Waals surface area (Å²) in [5.41, 5.74) is 1.08. The molecule has 0 aromatic heterocycles. The van der Waals surface area contributed by atoms with Gasteiger partial charge in [0, 0.05) is 13.1 Å². The molecule has 2 aromatic carbocycles. The van der Waals surface area contributed by atoms with Crippen LogP contribution in [0.15, 0.2) is 40.9 Å². The average molecular weight is 480 g/mol. The fourth-order valence-electron chi connectivity index (χ4n) is 1.61. The fraction of sp³-hybridized carbons (Fsp3) is 0. The molecule has 1 amide bonds. The summed E-state index contributed by atoms with van der Waals surface area (Å²) in [4.78, 5) is 23.1. The number of aromatic carboxylic acids is 1. The van der Waals surface area contributed by atoms with Gasteiger partial charge >= 0.3 is 5.97 Å². The van der Waals surface area contributed by atoms with Crippen LogP contribution in [0.5, 0.6) is 0 Å². The molecule has 0 unspecified atom stereocenters. The third kappa shape index (κ3) is 3.96. The highest BCUT2D eigenvalue weighted by atomic mass is 127. The number of carboxylic acids is 1. The van der Waals surface area contributed by atoms with Gasteiger partial charge in [-0.05, 0) is 74.9 Å². The van der Waals surface area contributed by atoms with Gasteiger partial charge in [-0.3, -0.25) is 4.79 Å². The quantitative estimate of drug-likeness (QED) is 0.629. The summed E-state index contributed by atoms with van der Waals surface area (Å²) >= 11 is 11.2. The van der Waals surface area contributed by atoms with Gasteiger partial charge in [-0.1, -0.05) is 11.6 Å². The highest BCUT2D eigenvalue weighted by Gasteiger charge is 2.13. The summed E-state index contributed by atoms with van der Waals surface area (Å²) in [6, 6.07) is 9.42. The molecular formula is C14H8BrClINO3. The van der Waals surface area contributed by atoms with Crippen LogP contribution in [0.25, 0.3) is 0 Å². The van der Waals surface area contributed by atoms with Crippen LogP contribution < -0.4 is 5.32 Å². The molecule has 0 saturated heterocycles. The van der Waals surface area contributed by atoms with E-state index in [1.54, 1.807) is 18.2 Å². The highest BCUT2D eigenvalue weighted by Crippen LogP contribution is 2.25. The van der Waals surface area contributed by atoms with Crippen LogP contribution in [0.2, 0.25) is 5.02 Å². The Kier molecular flexibility index (Phi) is 5.23. The summed E-state index contributed by atoms with van der Waals surface area (Å²) in [6.45, 7) is 0. The molecule has 108 valence electrons. The zero-order chi connectivity index (χ0) is 15.6. The van der Waals surface area contributed by atoms with Crippen molar-refractivity contribution < 1.29 is 14.7 Å². The summed E-state index contributed by atoms with van der Waals surface area (Å²) in [7, 11) is 0. The zero-order valence-electron chi connectivity index (χ0n) is 10.4. The topological polar surface area (TPSA) is 66.4 Å². The number of hydrogen-bond acceptors (Lipinski definition) is 2. The molecule has 0 atom stereocenters. The van der Waals surface area contributed by atoms with Crippen LogP contribution in [-0.2, 0) is 0 Å². The molecule has 2 aromatic rings. The molecule has 0 fully saturated rings. The van der Waals surface area contributed by atoms with E-state index in [9.17, 15) is 9.59 Å². The van der Waals surface area contributed by atoms with E-state index >= 15 is 0 Å². The van der Waals surface area contributed by atoms with Crippen molar-refractivity contribution in [2.24, 2.45) is 0 Å². The van der Waals surface area contributed by atoms with E-state index in [2.05, 4.69) is 21.2 Å². The lowest BCUT2D eigenvalue weighted by atomic mass is 10.2. The number of benzene rings is 2. The van der Waals surface area contributed by atoms with E-state index in [1.165, 1.54) is 18.2 Å². The van der Waals surface area contributed by atoms with Crippen molar-refractivity contribution in [1.29, 1.82) is 0 Å². The summed E-state index contributed by atoms with van der Waals surface area (Å²) < 4.78 is 1.26. The van der Waals surface area contributed by atoms with Gasteiger partial charge < -0.3 is 10.4 Å². The number of nitrogens with one attached hydrogen (secondary N) is 1. The Balaban J connectivity index is 2.27. The first-order chi connectivity index (χ1) is 9.88. The molecule has 0 aliphatic carbocycles. The monoisotopic (exact) mass is 479 g/mol. The van der Waals surface area contributed by atoms with Gasteiger partial charge in [0.15, 0.2) is 0 Å². The Bertz CT molecular complexity index is 736. The molecule has 0 aliphatic heterocycles. The van der Waals surface area contributed by atoms with Crippen molar-refractivity contribution in [1.82, 2.24) is 0 Å². The Labute approximate surface area is 147 Å². The average Bonchev–Trinajstić information content (AvgIpc) is 2.43. The first-order valence-corrected chi connectivity index (χ1v) is 7.92. The molecule has 7 heteroatoms. The zero-order valence-corrected chi connectivity index (χ0v) is 14.9. The largest absolute Gasteiger partial charge is 0.478 e. The van der Waals surface area contributed by atoms with Crippen molar-refractivity contribution in [3.05, 3.63) is 60.6 Å². The number of carboxylic acid groups (broad SMARTS) is 1. The molecule has 2 rings (SSSR count). The molecule has 0 radical (unpaired) electrons. The van der Waals surface area contributed by atoms with Crippen molar-refractivity contribution in [2.45, 2.75) is 0 Å². The maximum absolute atomic E-state index is 12.2. The van der Waals surface area contributed by atoms with Crippen LogP contribution in [0.4, 0.5) is 5.69 Å². The van der Waals surface area contributed by atoms with E-state index in [-0.39, 0.29) is 11.5 Å². The standard InChI is InChI=1S/C14H8BrClINO3/c15-10-5-7(14(20)21)1-4-12(10)18-13(19)9-6-8(16)2-3-11(9)17/h1-6H,(H,18,19)(H,20,21). The number of carbonyl (C=O) groups excluding carboxylic acids is 1. The molecule has 21 heavy (non-hydrogen) atoms. The Morgan fingerprint density at radius 2 is 1.90 bits per heavy atom. The molecule has 0 aliphatic rings. The van der Waals surface area contributed by atoms with Crippen molar-refractivity contribution in [3.63, 3.8) is 0 Å². The van der Waals surface area contributed by atoms with Gasteiger partial charge in [0.25, 0.3) is 5.91 Å². The molecule has 0 heterocycles. The van der Waals surface area contributed by atoms with E-state index in [4.69, 9.17) is 16.7 Å². The first kappa shape index (κ1) is 16.3. The van der Waals surface area contributed by atoms with Crippen LogP contribution >= 0.6 is 50.1 Å². The third-order valence-electron chi connectivity index (χ3n) is 2.64. The number of carbonyl (C=O) groups is 2. The smallest absolute Gasteiger partial charge is 0.335 e. The SMILES string of the molecule is O=C(O)c1ccc(NC(=O)c2cc(Cl)ccc2I)c(Br)c1. The van der Waals surface area contributed by atoms with Gasteiger partial charge in [-0.2, -0.15) is 0 Å². The van der Waals surface area contributed by atoms with Gasteiger partial charge in [0.2, 0.25) is 0 Å². The maximum Gasteiger partial charge on any atom is 0.335 e. The maximum atomic E-state index is 12.2. The molecule has 4 nitrogen and oxygen atoms in total. The minimum atomic E-state index is -1.03. The molecule has 0 saturated carbocycles. The molecule has 0 bridgehead atoms. The Hall–Kier alpha value is -1.12. The number of amides is 1. The summed E-state index contributed by atoms with van der Waals surface area (Å²) in [6.07, 6.45) is 0. The van der Waals surface area contributed by atoms with E-state index in [0.717, 1.165) is 3.57 Å². The lowest BCUT2D eigenvalue weighted by Gasteiger charge is -2.09. The Morgan fingerprint density at radius 3 is 2.52 bits per heavy atom. The van der Waals surface area contributed by atoms with Crippen molar-refractivity contribution in [2.75, 3.05) is 5.32 Å². The van der Waals surface area contributed by atoms with Crippen molar-refractivity contribution >= 4 is 67.7 Å². The summed E-state index contributed by atoms with van der Waals surface area (Å²) in [5, 5.41) is 12.1. The van der Waals surface area contributed by atoms with E-state index < -0.39 is 5.97 Å². The lowest BCUT2D eigenvalue weighted by molar-refractivity contribution is 0.0696. The minimum absolute atomic E-state index is 0.136. The van der Waals surface area contributed by atoms with Gasteiger partial charge in [-0.25, -0.2) is 4.79 Å². The number of halogens is 3. The van der Waals surface area contributed by atoms with Gasteiger partial charge in [0.1, 0.15) is 0 Å². The van der Waals surface area contributed by atoms with Crippen molar-refractivity contribution in [3.8, 4) is 0 Å². The number of anilines is 1. The van der Waals surface area contributed by atoms with Gasteiger partial charge in [-0.15, -0.1) is 0 Å². The number of rotatable bonds is 3.